The molecular weight excluding hydrogens is 276 g/mol. The average Bonchev–Trinajstić information content (AvgIpc) is 2.50. The molecule has 1 fully saturated rings. The lowest BCUT2D eigenvalue weighted by Gasteiger charge is -2.39. The molecule has 0 unspecified atom stereocenters. The molecule has 3 rings (SSSR count). The van der Waals surface area contributed by atoms with Gasteiger partial charge < -0.3 is 10.2 Å². The van der Waals surface area contributed by atoms with Gasteiger partial charge in [-0.1, -0.05) is 24.3 Å². The number of nitrogens with zero attached hydrogens (tertiary/aromatic N) is 3. The van der Waals surface area contributed by atoms with E-state index in [-0.39, 0.29) is 11.9 Å². The zero-order valence-corrected chi connectivity index (χ0v) is 12.7. The second-order valence-corrected chi connectivity index (χ2v) is 5.64. The van der Waals surface area contributed by atoms with Crippen LogP contribution in [0.15, 0.2) is 42.7 Å². The van der Waals surface area contributed by atoms with Gasteiger partial charge in [0.25, 0.3) is 0 Å². The maximum absolute atomic E-state index is 12.2. The monoisotopic (exact) mass is 296 g/mol. The lowest BCUT2D eigenvalue weighted by Crippen LogP contribution is -2.57. The smallest absolute Gasteiger partial charge is 0.223 e. The molecule has 1 saturated heterocycles. The summed E-state index contributed by atoms with van der Waals surface area (Å²) in [7, 11) is 0. The van der Waals surface area contributed by atoms with Crippen LogP contribution in [0, 0.1) is 6.92 Å². The Morgan fingerprint density at radius 3 is 2.68 bits per heavy atom. The van der Waals surface area contributed by atoms with Crippen molar-refractivity contribution in [2.75, 3.05) is 18.4 Å². The lowest BCUT2D eigenvalue weighted by atomic mass is 10.0. The van der Waals surface area contributed by atoms with Crippen LogP contribution in [0.25, 0.3) is 0 Å². The Kier molecular flexibility index (Phi) is 4.32. The third-order valence-electron chi connectivity index (χ3n) is 4.00. The van der Waals surface area contributed by atoms with Crippen LogP contribution in [-0.2, 0) is 11.2 Å². The highest BCUT2D eigenvalue weighted by Crippen LogP contribution is 2.15. The SMILES string of the molecule is Cc1ccccc1CCC(=O)N1CC(Nc2ncccn2)C1. The van der Waals surface area contributed by atoms with Gasteiger partial charge in [0, 0.05) is 31.9 Å². The van der Waals surface area contributed by atoms with Crippen molar-refractivity contribution in [3.05, 3.63) is 53.9 Å². The maximum Gasteiger partial charge on any atom is 0.223 e. The largest absolute Gasteiger partial charge is 0.348 e. The number of benzene rings is 1. The zero-order valence-electron chi connectivity index (χ0n) is 12.7. The van der Waals surface area contributed by atoms with Crippen molar-refractivity contribution in [3.63, 3.8) is 0 Å². The Bertz CT molecular complexity index is 638. The van der Waals surface area contributed by atoms with Crippen molar-refractivity contribution in [1.29, 1.82) is 0 Å². The van der Waals surface area contributed by atoms with E-state index in [2.05, 4.69) is 34.3 Å². The number of aryl methyl sites for hydroxylation is 2. The van der Waals surface area contributed by atoms with E-state index < -0.39 is 0 Å². The van der Waals surface area contributed by atoms with Gasteiger partial charge in [-0.3, -0.25) is 4.79 Å². The van der Waals surface area contributed by atoms with E-state index in [0.717, 1.165) is 19.5 Å². The van der Waals surface area contributed by atoms with Gasteiger partial charge in [-0.25, -0.2) is 9.97 Å². The zero-order chi connectivity index (χ0) is 15.4. The molecule has 0 atom stereocenters. The number of hydrogen-bond acceptors (Lipinski definition) is 4. The first-order valence-electron chi connectivity index (χ1n) is 7.58. The normalized spacial score (nSPS) is 14.5. The lowest BCUT2D eigenvalue weighted by molar-refractivity contribution is -0.135. The minimum atomic E-state index is 0.218. The summed E-state index contributed by atoms with van der Waals surface area (Å²) in [5.74, 6) is 0.842. The minimum absolute atomic E-state index is 0.218. The number of hydrogen-bond donors (Lipinski definition) is 1. The predicted octanol–water partition coefficient (Wildman–Crippen LogP) is 2.04. The number of carbonyl (C=O) groups is 1. The molecule has 0 bridgehead atoms. The average molecular weight is 296 g/mol. The molecule has 1 N–H and O–H groups in total. The van der Waals surface area contributed by atoms with Crippen molar-refractivity contribution in [2.45, 2.75) is 25.8 Å². The number of anilines is 1. The second-order valence-electron chi connectivity index (χ2n) is 5.64. The van der Waals surface area contributed by atoms with Crippen LogP contribution in [0.4, 0.5) is 5.95 Å². The first kappa shape index (κ1) is 14.5. The molecule has 0 saturated carbocycles. The Hall–Kier alpha value is -2.43. The van der Waals surface area contributed by atoms with Crippen LogP contribution >= 0.6 is 0 Å². The molecule has 1 aromatic carbocycles. The van der Waals surface area contributed by atoms with E-state index in [1.807, 2.05) is 17.0 Å². The molecular formula is C17H20N4O. The fourth-order valence-electron chi connectivity index (χ4n) is 2.62. The molecule has 0 spiro atoms. The number of carbonyl (C=O) groups excluding carboxylic acids is 1. The van der Waals surface area contributed by atoms with Crippen LogP contribution in [0.2, 0.25) is 0 Å². The van der Waals surface area contributed by atoms with Crippen molar-refractivity contribution < 1.29 is 4.79 Å². The van der Waals surface area contributed by atoms with Gasteiger partial charge in [0.2, 0.25) is 11.9 Å². The Morgan fingerprint density at radius 2 is 1.95 bits per heavy atom. The van der Waals surface area contributed by atoms with Gasteiger partial charge in [-0.15, -0.1) is 0 Å². The number of aromatic nitrogens is 2. The fraction of sp³-hybridized carbons (Fsp3) is 0.353. The van der Waals surface area contributed by atoms with Crippen LogP contribution in [0.5, 0.6) is 0 Å². The van der Waals surface area contributed by atoms with Crippen LogP contribution < -0.4 is 5.32 Å². The minimum Gasteiger partial charge on any atom is -0.348 e. The van der Waals surface area contributed by atoms with Gasteiger partial charge >= 0.3 is 0 Å². The quantitative estimate of drug-likeness (QED) is 0.917. The van der Waals surface area contributed by atoms with E-state index in [1.165, 1.54) is 11.1 Å². The first-order valence-corrected chi connectivity index (χ1v) is 7.58. The molecule has 1 amide bonds. The third-order valence-corrected chi connectivity index (χ3v) is 4.00. The number of rotatable bonds is 5. The standard InChI is InChI=1S/C17H20N4O/c1-13-5-2-3-6-14(13)7-8-16(22)21-11-15(12-21)20-17-18-9-4-10-19-17/h2-6,9-10,15H,7-8,11-12H2,1H3,(H,18,19,20). The highest BCUT2D eigenvalue weighted by molar-refractivity contribution is 5.77. The molecule has 0 aliphatic carbocycles. The number of likely N-dealkylation sites (tertiary alicyclic amines) is 1. The third kappa shape index (κ3) is 3.42. The predicted molar refractivity (Wildman–Crippen MR) is 85.5 cm³/mol. The molecule has 114 valence electrons. The maximum atomic E-state index is 12.2. The molecule has 5 heteroatoms. The topological polar surface area (TPSA) is 58.1 Å². The molecule has 1 aliphatic heterocycles. The summed E-state index contributed by atoms with van der Waals surface area (Å²) in [6, 6.07) is 10.3. The first-order chi connectivity index (χ1) is 10.7. The van der Waals surface area contributed by atoms with Crippen LogP contribution in [0.3, 0.4) is 0 Å². The van der Waals surface area contributed by atoms with Gasteiger partial charge in [0.05, 0.1) is 6.04 Å². The van der Waals surface area contributed by atoms with Crippen LogP contribution in [-0.4, -0.2) is 39.9 Å². The van der Waals surface area contributed by atoms with E-state index >= 15 is 0 Å². The van der Waals surface area contributed by atoms with Crippen molar-refractivity contribution in [2.24, 2.45) is 0 Å². The second kappa shape index (κ2) is 6.56. The Labute approximate surface area is 130 Å². The molecule has 0 radical (unpaired) electrons. The fourth-order valence-corrected chi connectivity index (χ4v) is 2.62. The Morgan fingerprint density at radius 1 is 1.23 bits per heavy atom. The summed E-state index contributed by atoms with van der Waals surface area (Å²) in [6.45, 7) is 3.54. The highest BCUT2D eigenvalue weighted by Gasteiger charge is 2.30. The number of nitrogens with one attached hydrogen (secondary N) is 1. The van der Waals surface area contributed by atoms with Crippen LogP contribution in [0.1, 0.15) is 17.5 Å². The summed E-state index contributed by atoms with van der Waals surface area (Å²) in [5.41, 5.74) is 2.50. The molecule has 1 aromatic heterocycles. The van der Waals surface area contributed by atoms with Crippen molar-refractivity contribution in [3.8, 4) is 0 Å². The van der Waals surface area contributed by atoms with E-state index in [1.54, 1.807) is 18.5 Å². The van der Waals surface area contributed by atoms with E-state index in [0.29, 0.717) is 12.4 Å². The van der Waals surface area contributed by atoms with Gasteiger partial charge in [0.15, 0.2) is 0 Å². The molecule has 5 nitrogen and oxygen atoms in total. The molecule has 22 heavy (non-hydrogen) atoms. The van der Waals surface area contributed by atoms with Gasteiger partial charge in [-0.05, 0) is 30.5 Å². The molecule has 2 heterocycles. The summed E-state index contributed by atoms with van der Waals surface area (Å²) in [5, 5.41) is 3.23. The number of amides is 1. The molecule has 1 aliphatic rings. The van der Waals surface area contributed by atoms with E-state index in [4.69, 9.17) is 0 Å². The highest BCUT2D eigenvalue weighted by atomic mass is 16.2. The Balaban J connectivity index is 1.43. The van der Waals surface area contributed by atoms with Crippen molar-refractivity contribution in [1.82, 2.24) is 14.9 Å². The van der Waals surface area contributed by atoms with Gasteiger partial charge in [0.1, 0.15) is 0 Å². The van der Waals surface area contributed by atoms with E-state index in [9.17, 15) is 4.79 Å². The van der Waals surface area contributed by atoms with Gasteiger partial charge in [-0.2, -0.15) is 0 Å². The summed E-state index contributed by atoms with van der Waals surface area (Å²) >= 11 is 0. The summed E-state index contributed by atoms with van der Waals surface area (Å²) < 4.78 is 0. The summed E-state index contributed by atoms with van der Waals surface area (Å²) in [4.78, 5) is 22.3. The van der Waals surface area contributed by atoms with Crippen molar-refractivity contribution >= 4 is 11.9 Å². The summed E-state index contributed by atoms with van der Waals surface area (Å²) in [6.07, 6.45) is 4.79. The molecule has 2 aromatic rings.